The van der Waals surface area contributed by atoms with Crippen molar-refractivity contribution in [2.24, 2.45) is 0 Å². The van der Waals surface area contributed by atoms with Gasteiger partial charge < -0.3 is 10.2 Å². The molecule has 0 radical (unpaired) electrons. The molecule has 0 bridgehead atoms. The number of thiocarbonyl (C=S) groups is 1. The predicted molar refractivity (Wildman–Crippen MR) is 118 cm³/mol. The molecule has 5 nitrogen and oxygen atoms in total. The summed E-state index contributed by atoms with van der Waals surface area (Å²) in [4.78, 5) is 19.5. The molecule has 0 aliphatic rings. The second kappa shape index (κ2) is 8.63. The van der Waals surface area contributed by atoms with Crippen LogP contribution in [0.3, 0.4) is 0 Å². The summed E-state index contributed by atoms with van der Waals surface area (Å²) in [6.45, 7) is 5.80. The number of benzene rings is 2. The number of rotatable bonds is 5. The standard InChI is InChI=1S/C20H21BrN4OS/c1-3-24(20(27)23-16-7-5-4-6-8-16)11-12-25-14(2)22-18-10-9-15(21)13-17(18)19(25)26/h4-10,13H,3,11-12H2,1-2H3,(H,23,27). The summed E-state index contributed by atoms with van der Waals surface area (Å²) in [7, 11) is 0. The zero-order valence-corrected chi connectivity index (χ0v) is 17.7. The molecule has 0 aliphatic carbocycles. The Labute approximate surface area is 172 Å². The highest BCUT2D eigenvalue weighted by molar-refractivity contribution is 9.10. The number of hydrogen-bond acceptors (Lipinski definition) is 3. The van der Waals surface area contributed by atoms with Crippen LogP contribution in [-0.4, -0.2) is 32.7 Å². The summed E-state index contributed by atoms with van der Waals surface area (Å²) < 4.78 is 2.58. The number of para-hydroxylation sites is 1. The summed E-state index contributed by atoms with van der Waals surface area (Å²) in [5.41, 5.74) is 1.63. The minimum atomic E-state index is -0.0308. The number of nitrogens with zero attached hydrogens (tertiary/aromatic N) is 3. The van der Waals surface area contributed by atoms with Gasteiger partial charge in [-0.2, -0.15) is 0 Å². The second-order valence-corrected chi connectivity index (χ2v) is 7.46. The van der Waals surface area contributed by atoms with Crippen molar-refractivity contribution in [3.63, 3.8) is 0 Å². The van der Waals surface area contributed by atoms with Crippen molar-refractivity contribution in [3.05, 3.63) is 69.2 Å². The lowest BCUT2D eigenvalue weighted by atomic mass is 10.2. The van der Waals surface area contributed by atoms with Crippen molar-refractivity contribution in [1.82, 2.24) is 14.5 Å². The number of nitrogens with one attached hydrogen (secondary N) is 1. The molecule has 1 N–H and O–H groups in total. The van der Waals surface area contributed by atoms with Crippen LogP contribution >= 0.6 is 28.1 Å². The maximum Gasteiger partial charge on any atom is 0.261 e. The molecule has 0 saturated carbocycles. The summed E-state index contributed by atoms with van der Waals surface area (Å²) in [6, 6.07) is 15.4. The fourth-order valence-corrected chi connectivity index (χ4v) is 3.61. The molecule has 0 amide bonds. The van der Waals surface area contributed by atoms with Crippen molar-refractivity contribution in [2.45, 2.75) is 20.4 Å². The third-order valence-electron chi connectivity index (χ3n) is 4.39. The van der Waals surface area contributed by atoms with Crippen molar-refractivity contribution in [3.8, 4) is 0 Å². The molecule has 0 unspecified atom stereocenters. The van der Waals surface area contributed by atoms with E-state index in [-0.39, 0.29) is 5.56 Å². The van der Waals surface area contributed by atoms with Gasteiger partial charge in [0.2, 0.25) is 0 Å². The van der Waals surface area contributed by atoms with Crippen molar-refractivity contribution >= 4 is 49.9 Å². The van der Waals surface area contributed by atoms with Gasteiger partial charge in [-0.15, -0.1) is 0 Å². The molecule has 27 heavy (non-hydrogen) atoms. The maximum absolute atomic E-state index is 12.9. The second-order valence-electron chi connectivity index (χ2n) is 6.15. The highest BCUT2D eigenvalue weighted by atomic mass is 79.9. The van der Waals surface area contributed by atoms with E-state index in [9.17, 15) is 4.79 Å². The van der Waals surface area contributed by atoms with Crippen LogP contribution < -0.4 is 10.9 Å². The van der Waals surface area contributed by atoms with Gasteiger partial charge in [-0.25, -0.2) is 4.98 Å². The van der Waals surface area contributed by atoms with E-state index in [1.807, 2.05) is 67.3 Å². The zero-order valence-electron chi connectivity index (χ0n) is 15.3. The van der Waals surface area contributed by atoms with Crippen LogP contribution in [0.25, 0.3) is 10.9 Å². The fraction of sp³-hybridized carbons (Fsp3) is 0.250. The van der Waals surface area contributed by atoms with E-state index in [2.05, 4.69) is 26.2 Å². The van der Waals surface area contributed by atoms with Gasteiger partial charge in [-0.1, -0.05) is 34.1 Å². The summed E-state index contributed by atoms with van der Waals surface area (Å²) in [6.07, 6.45) is 0. The van der Waals surface area contributed by atoms with E-state index in [4.69, 9.17) is 12.2 Å². The lowest BCUT2D eigenvalue weighted by Crippen LogP contribution is -2.38. The third-order valence-corrected chi connectivity index (χ3v) is 5.25. The normalized spacial score (nSPS) is 10.8. The van der Waals surface area contributed by atoms with Crippen LogP contribution in [0.2, 0.25) is 0 Å². The quantitative estimate of drug-likeness (QED) is 0.597. The zero-order chi connectivity index (χ0) is 19.4. The van der Waals surface area contributed by atoms with Gasteiger partial charge in [0, 0.05) is 29.8 Å². The van der Waals surface area contributed by atoms with Gasteiger partial charge in [-0.05, 0) is 56.4 Å². The van der Waals surface area contributed by atoms with Crippen LogP contribution in [0.1, 0.15) is 12.7 Å². The number of anilines is 1. The van der Waals surface area contributed by atoms with Gasteiger partial charge in [0.25, 0.3) is 5.56 Å². The van der Waals surface area contributed by atoms with Crippen LogP contribution in [0.5, 0.6) is 0 Å². The molecule has 0 spiro atoms. The molecule has 1 aromatic heterocycles. The minimum Gasteiger partial charge on any atom is -0.348 e. The summed E-state index contributed by atoms with van der Waals surface area (Å²) in [5, 5.41) is 4.50. The number of halogens is 1. The number of likely N-dealkylation sites (N-methyl/N-ethyl adjacent to an activating group) is 1. The molecule has 3 aromatic rings. The van der Waals surface area contributed by atoms with Gasteiger partial charge in [0.1, 0.15) is 5.82 Å². The third kappa shape index (κ3) is 4.54. The van der Waals surface area contributed by atoms with E-state index in [1.165, 1.54) is 0 Å². The molecule has 0 atom stereocenters. The Morgan fingerprint density at radius 1 is 1.26 bits per heavy atom. The lowest BCUT2D eigenvalue weighted by molar-refractivity contribution is 0.410. The number of aromatic nitrogens is 2. The first-order valence-corrected chi connectivity index (χ1v) is 9.97. The predicted octanol–water partition coefficient (Wildman–Crippen LogP) is 4.19. The SMILES string of the molecule is CCN(CCn1c(C)nc2ccc(Br)cc2c1=O)C(=S)Nc1ccccc1. The molecule has 2 aromatic carbocycles. The first kappa shape index (κ1) is 19.5. The van der Waals surface area contributed by atoms with E-state index in [1.54, 1.807) is 4.57 Å². The van der Waals surface area contributed by atoms with E-state index >= 15 is 0 Å². The first-order chi connectivity index (χ1) is 13.0. The van der Waals surface area contributed by atoms with Crippen LogP contribution in [0, 0.1) is 6.92 Å². The molecule has 1 heterocycles. The monoisotopic (exact) mass is 444 g/mol. The Morgan fingerprint density at radius 2 is 2.00 bits per heavy atom. The maximum atomic E-state index is 12.9. The van der Waals surface area contributed by atoms with Crippen molar-refractivity contribution in [2.75, 3.05) is 18.4 Å². The van der Waals surface area contributed by atoms with Gasteiger partial charge >= 0.3 is 0 Å². The van der Waals surface area contributed by atoms with Crippen LogP contribution in [0.15, 0.2) is 57.8 Å². The summed E-state index contributed by atoms with van der Waals surface area (Å²) in [5.74, 6) is 0.702. The topological polar surface area (TPSA) is 50.2 Å². The van der Waals surface area contributed by atoms with E-state index in [0.29, 0.717) is 34.9 Å². The largest absolute Gasteiger partial charge is 0.348 e. The number of aryl methyl sites for hydroxylation is 1. The molecule has 3 rings (SSSR count). The molecule has 0 aliphatic heterocycles. The van der Waals surface area contributed by atoms with Gasteiger partial charge in [-0.3, -0.25) is 9.36 Å². The molecule has 140 valence electrons. The first-order valence-electron chi connectivity index (χ1n) is 8.77. The highest BCUT2D eigenvalue weighted by Gasteiger charge is 2.12. The van der Waals surface area contributed by atoms with E-state index in [0.717, 1.165) is 16.7 Å². The summed E-state index contributed by atoms with van der Waals surface area (Å²) >= 11 is 8.96. The fourth-order valence-electron chi connectivity index (χ4n) is 2.92. The Balaban J connectivity index is 1.78. The number of hydrogen-bond donors (Lipinski definition) is 1. The van der Waals surface area contributed by atoms with Crippen LogP contribution in [-0.2, 0) is 6.54 Å². The average Bonchev–Trinajstić information content (AvgIpc) is 2.66. The molecule has 0 saturated heterocycles. The van der Waals surface area contributed by atoms with Gasteiger partial charge in [0.05, 0.1) is 10.9 Å². The average molecular weight is 445 g/mol. The lowest BCUT2D eigenvalue weighted by Gasteiger charge is -2.25. The Morgan fingerprint density at radius 3 is 2.70 bits per heavy atom. The van der Waals surface area contributed by atoms with Gasteiger partial charge in [0.15, 0.2) is 5.11 Å². The van der Waals surface area contributed by atoms with Crippen LogP contribution in [0.4, 0.5) is 5.69 Å². The number of fused-ring (bicyclic) bond motifs is 1. The molecular weight excluding hydrogens is 424 g/mol. The Kier molecular flexibility index (Phi) is 6.23. The molecule has 7 heteroatoms. The van der Waals surface area contributed by atoms with Crippen molar-refractivity contribution in [1.29, 1.82) is 0 Å². The Bertz CT molecular complexity index is 1020. The smallest absolute Gasteiger partial charge is 0.261 e. The molecular formula is C20H21BrN4OS. The minimum absolute atomic E-state index is 0.0308. The Hall–Kier alpha value is -2.25. The van der Waals surface area contributed by atoms with E-state index < -0.39 is 0 Å². The molecule has 0 fully saturated rings. The van der Waals surface area contributed by atoms with Crippen molar-refractivity contribution < 1.29 is 0 Å². The highest BCUT2D eigenvalue weighted by Crippen LogP contribution is 2.16.